The Kier molecular flexibility index (Phi) is 4.96. The molecule has 2 heterocycles. The van der Waals surface area contributed by atoms with Crippen molar-refractivity contribution in [3.05, 3.63) is 58.2 Å². The molecule has 0 saturated heterocycles. The second-order valence-corrected chi connectivity index (χ2v) is 8.81. The van der Waals surface area contributed by atoms with Gasteiger partial charge in [0, 0.05) is 28.8 Å². The highest BCUT2D eigenvalue weighted by Gasteiger charge is 2.35. The SMILES string of the molecule is CC(C)=CCc1c([C@@H]2CC(=O)c3c(O)cc(O)cc3O2)cc2c(c1O)OC(C)(C)C=C2. The summed E-state index contributed by atoms with van der Waals surface area (Å²) in [5.74, 6) is -0.232. The molecule has 0 saturated carbocycles. The number of benzene rings is 2. The van der Waals surface area contributed by atoms with Crippen molar-refractivity contribution < 1.29 is 29.6 Å². The number of Topliss-reactive ketones (excluding diaryl/α,β-unsaturated/α-hetero) is 1. The van der Waals surface area contributed by atoms with Gasteiger partial charge in [-0.15, -0.1) is 0 Å². The van der Waals surface area contributed by atoms with Crippen molar-refractivity contribution in [1.82, 2.24) is 0 Å². The van der Waals surface area contributed by atoms with Crippen LogP contribution in [0, 0.1) is 0 Å². The molecular weight excluding hydrogens is 396 g/mol. The van der Waals surface area contributed by atoms with E-state index in [4.69, 9.17) is 9.47 Å². The first-order chi connectivity index (χ1) is 14.6. The fraction of sp³-hybridized carbons (Fsp3) is 0.320. The first kappa shape index (κ1) is 20.8. The maximum atomic E-state index is 12.8. The summed E-state index contributed by atoms with van der Waals surface area (Å²) in [6.45, 7) is 7.77. The van der Waals surface area contributed by atoms with Crippen LogP contribution in [0.15, 0.2) is 35.9 Å². The number of carbonyl (C=O) groups is 1. The van der Waals surface area contributed by atoms with Crippen LogP contribution in [0.4, 0.5) is 0 Å². The Morgan fingerprint density at radius 1 is 1.19 bits per heavy atom. The summed E-state index contributed by atoms with van der Waals surface area (Å²) in [6, 6.07) is 4.31. The predicted octanol–water partition coefficient (Wildman–Crippen LogP) is 5.20. The lowest BCUT2D eigenvalue weighted by Crippen LogP contribution is -2.28. The predicted molar refractivity (Wildman–Crippen MR) is 117 cm³/mol. The summed E-state index contributed by atoms with van der Waals surface area (Å²) in [4.78, 5) is 12.8. The Morgan fingerprint density at radius 2 is 1.94 bits per heavy atom. The van der Waals surface area contributed by atoms with Gasteiger partial charge in [-0.05, 0) is 46.3 Å². The first-order valence-electron chi connectivity index (χ1n) is 10.2. The molecule has 0 bridgehead atoms. The van der Waals surface area contributed by atoms with E-state index in [1.54, 1.807) is 0 Å². The molecule has 4 rings (SSSR count). The normalized spacial score (nSPS) is 18.5. The lowest BCUT2D eigenvalue weighted by molar-refractivity contribution is 0.0843. The minimum Gasteiger partial charge on any atom is -0.508 e. The Hall–Kier alpha value is -3.41. The van der Waals surface area contributed by atoms with Crippen molar-refractivity contribution >= 4 is 11.9 Å². The molecule has 1 atom stereocenters. The van der Waals surface area contributed by atoms with Crippen LogP contribution in [0.1, 0.15) is 67.3 Å². The summed E-state index contributed by atoms with van der Waals surface area (Å²) in [5.41, 5.74) is 2.59. The minimum absolute atomic E-state index is 0.00144. The highest BCUT2D eigenvalue weighted by molar-refractivity contribution is 6.02. The molecule has 31 heavy (non-hydrogen) atoms. The zero-order chi connectivity index (χ0) is 22.5. The van der Waals surface area contributed by atoms with Crippen molar-refractivity contribution in [2.24, 2.45) is 0 Å². The third kappa shape index (κ3) is 3.85. The van der Waals surface area contributed by atoms with Gasteiger partial charge in [-0.25, -0.2) is 0 Å². The number of ketones is 1. The van der Waals surface area contributed by atoms with Gasteiger partial charge in [0.1, 0.15) is 34.5 Å². The monoisotopic (exact) mass is 422 g/mol. The van der Waals surface area contributed by atoms with E-state index >= 15 is 0 Å². The summed E-state index contributed by atoms with van der Waals surface area (Å²) < 4.78 is 12.1. The van der Waals surface area contributed by atoms with Crippen LogP contribution < -0.4 is 9.47 Å². The number of hydrogen-bond donors (Lipinski definition) is 3. The molecule has 0 fully saturated rings. The van der Waals surface area contributed by atoms with Crippen LogP contribution in [0.2, 0.25) is 0 Å². The molecule has 2 aromatic carbocycles. The number of allylic oxidation sites excluding steroid dienone is 2. The average Bonchev–Trinajstić information content (AvgIpc) is 2.66. The number of ether oxygens (including phenoxy) is 2. The maximum Gasteiger partial charge on any atom is 0.174 e. The highest BCUT2D eigenvalue weighted by Crippen LogP contribution is 2.47. The van der Waals surface area contributed by atoms with Crippen LogP contribution in [-0.4, -0.2) is 26.7 Å². The van der Waals surface area contributed by atoms with Crippen LogP contribution in [-0.2, 0) is 6.42 Å². The summed E-state index contributed by atoms with van der Waals surface area (Å²) >= 11 is 0. The third-order valence-corrected chi connectivity index (χ3v) is 5.50. The van der Waals surface area contributed by atoms with Gasteiger partial charge in [-0.3, -0.25) is 4.79 Å². The number of fused-ring (bicyclic) bond motifs is 2. The smallest absolute Gasteiger partial charge is 0.174 e. The molecule has 6 heteroatoms. The standard InChI is InChI=1S/C25H26O6/c1-13(2)5-6-16-17(9-14-7-8-25(3,4)31-24(14)23(16)29)20-12-19(28)22-18(27)10-15(26)11-21(22)30-20/h5,7-11,20,26-27,29H,6,12H2,1-4H3/t20-/m0/s1. The third-order valence-electron chi connectivity index (χ3n) is 5.50. The molecule has 0 amide bonds. The largest absolute Gasteiger partial charge is 0.508 e. The molecule has 0 aliphatic carbocycles. The fourth-order valence-corrected chi connectivity index (χ4v) is 3.96. The van der Waals surface area contributed by atoms with E-state index in [0.29, 0.717) is 28.9 Å². The lowest BCUT2D eigenvalue weighted by Gasteiger charge is -2.32. The molecule has 2 aliphatic heterocycles. The molecule has 0 unspecified atom stereocenters. The van der Waals surface area contributed by atoms with Gasteiger partial charge >= 0.3 is 0 Å². The molecular formula is C25H26O6. The summed E-state index contributed by atoms with van der Waals surface area (Å²) in [7, 11) is 0. The second-order valence-electron chi connectivity index (χ2n) is 8.81. The molecule has 162 valence electrons. The average molecular weight is 422 g/mol. The number of hydrogen-bond acceptors (Lipinski definition) is 6. The Balaban J connectivity index is 1.85. The van der Waals surface area contributed by atoms with Gasteiger partial charge in [0.15, 0.2) is 17.3 Å². The zero-order valence-electron chi connectivity index (χ0n) is 18.0. The highest BCUT2D eigenvalue weighted by atomic mass is 16.5. The fourth-order valence-electron chi connectivity index (χ4n) is 3.96. The van der Waals surface area contributed by atoms with Crippen LogP contribution in [0.3, 0.4) is 0 Å². The number of aromatic hydroxyl groups is 3. The van der Waals surface area contributed by atoms with Gasteiger partial charge in [-0.1, -0.05) is 17.7 Å². The van der Waals surface area contributed by atoms with Gasteiger partial charge < -0.3 is 24.8 Å². The lowest BCUT2D eigenvalue weighted by atomic mass is 9.88. The molecule has 0 spiro atoms. The molecule has 0 aromatic heterocycles. The van der Waals surface area contributed by atoms with Crippen molar-refractivity contribution in [3.8, 4) is 28.7 Å². The number of phenols is 3. The van der Waals surface area contributed by atoms with Crippen LogP contribution in [0.25, 0.3) is 6.08 Å². The van der Waals surface area contributed by atoms with E-state index in [1.807, 2.05) is 52.0 Å². The van der Waals surface area contributed by atoms with Gasteiger partial charge in [-0.2, -0.15) is 0 Å². The topological polar surface area (TPSA) is 96.2 Å². The van der Waals surface area contributed by atoms with E-state index in [0.717, 1.165) is 11.6 Å². The zero-order valence-corrected chi connectivity index (χ0v) is 18.0. The Morgan fingerprint density at radius 3 is 2.65 bits per heavy atom. The van der Waals surface area contributed by atoms with Gasteiger partial charge in [0.05, 0.1) is 6.42 Å². The quantitative estimate of drug-likeness (QED) is 0.588. The molecule has 3 N–H and O–H groups in total. The van der Waals surface area contributed by atoms with Crippen LogP contribution >= 0.6 is 0 Å². The second kappa shape index (κ2) is 7.38. The Labute approximate surface area is 181 Å². The number of phenolic OH excluding ortho intramolecular Hbond substituents is 3. The molecule has 6 nitrogen and oxygen atoms in total. The van der Waals surface area contributed by atoms with Crippen molar-refractivity contribution in [2.45, 2.75) is 52.2 Å². The molecule has 2 aromatic rings. The number of rotatable bonds is 3. The first-order valence-corrected chi connectivity index (χ1v) is 10.2. The van der Waals surface area contributed by atoms with Gasteiger partial charge in [0.25, 0.3) is 0 Å². The van der Waals surface area contributed by atoms with E-state index < -0.39 is 11.7 Å². The number of carbonyl (C=O) groups excluding carboxylic acids is 1. The van der Waals surface area contributed by atoms with E-state index in [9.17, 15) is 20.1 Å². The summed E-state index contributed by atoms with van der Waals surface area (Å²) in [5, 5.41) is 31.1. The summed E-state index contributed by atoms with van der Waals surface area (Å²) in [6.07, 6.45) is 5.56. The van der Waals surface area contributed by atoms with Crippen molar-refractivity contribution in [3.63, 3.8) is 0 Å². The van der Waals surface area contributed by atoms with E-state index in [1.165, 1.54) is 6.07 Å². The van der Waals surface area contributed by atoms with E-state index in [-0.39, 0.29) is 40.8 Å². The minimum atomic E-state index is -0.679. The maximum absolute atomic E-state index is 12.8. The Bertz CT molecular complexity index is 1140. The molecule has 0 radical (unpaired) electrons. The van der Waals surface area contributed by atoms with E-state index in [2.05, 4.69) is 0 Å². The molecule has 2 aliphatic rings. The van der Waals surface area contributed by atoms with Gasteiger partial charge in [0.2, 0.25) is 0 Å². The van der Waals surface area contributed by atoms with Crippen LogP contribution in [0.5, 0.6) is 28.7 Å². The van der Waals surface area contributed by atoms with Crippen molar-refractivity contribution in [2.75, 3.05) is 0 Å². The van der Waals surface area contributed by atoms with Crippen molar-refractivity contribution in [1.29, 1.82) is 0 Å².